The summed E-state index contributed by atoms with van der Waals surface area (Å²) < 4.78 is 37.2. The van der Waals surface area contributed by atoms with Crippen LogP contribution in [0.5, 0.6) is 0 Å². The Balaban J connectivity index is 3.20. The molecule has 0 aliphatic rings. The lowest BCUT2D eigenvalue weighted by molar-refractivity contribution is -0.138. The molecule has 13 heavy (non-hydrogen) atoms. The first kappa shape index (κ1) is 10.1. The van der Waals surface area contributed by atoms with Gasteiger partial charge in [0.25, 0.3) is 0 Å². The van der Waals surface area contributed by atoms with Gasteiger partial charge in [-0.05, 0) is 17.5 Å². The number of benzene rings is 1. The van der Waals surface area contributed by atoms with Gasteiger partial charge in [-0.1, -0.05) is 32.0 Å². The van der Waals surface area contributed by atoms with Crippen LogP contribution in [0.1, 0.15) is 25.0 Å². The van der Waals surface area contributed by atoms with Crippen molar-refractivity contribution in [1.29, 1.82) is 0 Å². The maximum Gasteiger partial charge on any atom is 0.416 e. The monoisotopic (exact) mass is 187 g/mol. The molecule has 0 aliphatic carbocycles. The zero-order chi connectivity index (χ0) is 10.1. The minimum Gasteiger partial charge on any atom is -0.166 e. The Morgan fingerprint density at radius 1 is 1.08 bits per heavy atom. The molecule has 0 atom stereocenters. The van der Waals surface area contributed by atoms with Gasteiger partial charge in [-0.15, -0.1) is 0 Å². The van der Waals surface area contributed by atoms with Crippen molar-refractivity contribution in [2.24, 2.45) is 0 Å². The molecule has 1 rings (SSSR count). The molecule has 3 heteroatoms. The number of rotatable bonds is 1. The molecule has 71 valence electrons. The van der Waals surface area contributed by atoms with E-state index in [1.165, 1.54) is 12.1 Å². The van der Waals surface area contributed by atoms with Crippen LogP contribution in [0.2, 0.25) is 0 Å². The topological polar surface area (TPSA) is 0 Å². The van der Waals surface area contributed by atoms with E-state index < -0.39 is 11.7 Å². The van der Waals surface area contributed by atoms with Gasteiger partial charge >= 0.3 is 6.18 Å². The third-order valence-electron chi connectivity index (χ3n) is 1.77. The summed E-state index contributed by atoms with van der Waals surface area (Å²) in [6, 6.07) is 5.59. The Bertz CT molecular complexity index is 286. The van der Waals surface area contributed by atoms with E-state index in [0.29, 0.717) is 5.92 Å². The third-order valence-corrected chi connectivity index (χ3v) is 1.77. The molecular formula is C10H10F3. The van der Waals surface area contributed by atoms with Crippen LogP contribution >= 0.6 is 0 Å². The van der Waals surface area contributed by atoms with E-state index in [1.54, 1.807) is 19.9 Å². The van der Waals surface area contributed by atoms with Gasteiger partial charge in [0, 0.05) is 0 Å². The van der Waals surface area contributed by atoms with Gasteiger partial charge in [-0.3, -0.25) is 0 Å². The van der Waals surface area contributed by atoms with Crippen molar-refractivity contribution in [3.63, 3.8) is 0 Å². The summed E-state index contributed by atoms with van der Waals surface area (Å²) in [7, 11) is 0. The molecule has 0 fully saturated rings. The van der Waals surface area contributed by atoms with E-state index in [-0.39, 0.29) is 5.56 Å². The predicted octanol–water partition coefficient (Wildman–Crippen LogP) is 3.67. The van der Waals surface area contributed by atoms with Gasteiger partial charge in [-0.25, -0.2) is 0 Å². The van der Waals surface area contributed by atoms with Crippen LogP contribution in [0.15, 0.2) is 24.3 Å². The summed E-state index contributed by atoms with van der Waals surface area (Å²) in [5.74, 6) is 0.674. The molecule has 1 radical (unpaired) electrons. The van der Waals surface area contributed by atoms with Crippen molar-refractivity contribution >= 4 is 0 Å². The third kappa shape index (κ3) is 2.23. The van der Waals surface area contributed by atoms with Crippen molar-refractivity contribution in [2.45, 2.75) is 20.0 Å². The maximum atomic E-state index is 12.4. The standard InChI is InChI=1S/C10H10F3/c1-7(2)8-5-3-4-6-9(8)10(11,12)13/h3-6H,1-2H3. The predicted molar refractivity (Wildman–Crippen MR) is 45.1 cm³/mol. The van der Waals surface area contributed by atoms with Crippen molar-refractivity contribution < 1.29 is 13.2 Å². The van der Waals surface area contributed by atoms with Crippen molar-refractivity contribution in [1.82, 2.24) is 0 Å². The smallest absolute Gasteiger partial charge is 0.166 e. The minimum absolute atomic E-state index is 0.273. The minimum atomic E-state index is -4.26. The molecule has 0 nitrogen and oxygen atoms in total. The first-order valence-electron chi connectivity index (χ1n) is 3.89. The van der Waals surface area contributed by atoms with E-state index in [2.05, 4.69) is 0 Å². The van der Waals surface area contributed by atoms with E-state index in [4.69, 9.17) is 0 Å². The van der Waals surface area contributed by atoms with Crippen LogP contribution in [0.3, 0.4) is 0 Å². The second-order valence-corrected chi connectivity index (χ2v) is 3.04. The summed E-state index contributed by atoms with van der Waals surface area (Å²) in [4.78, 5) is 0. The lowest BCUT2D eigenvalue weighted by Crippen LogP contribution is -2.09. The fraction of sp³-hybridized carbons (Fsp3) is 0.300. The van der Waals surface area contributed by atoms with Gasteiger partial charge in [0.15, 0.2) is 0 Å². The van der Waals surface area contributed by atoms with E-state index >= 15 is 0 Å². The van der Waals surface area contributed by atoms with Gasteiger partial charge in [0.05, 0.1) is 5.56 Å². The highest BCUT2D eigenvalue weighted by Gasteiger charge is 2.33. The highest BCUT2D eigenvalue weighted by Crippen LogP contribution is 2.34. The first-order chi connectivity index (χ1) is 5.93. The lowest BCUT2D eigenvalue weighted by Gasteiger charge is -2.14. The molecule has 0 N–H and O–H groups in total. The van der Waals surface area contributed by atoms with Gasteiger partial charge < -0.3 is 0 Å². The molecule has 0 spiro atoms. The van der Waals surface area contributed by atoms with Crippen molar-refractivity contribution in [2.75, 3.05) is 0 Å². The largest absolute Gasteiger partial charge is 0.416 e. The quantitative estimate of drug-likeness (QED) is 0.629. The van der Waals surface area contributed by atoms with Crippen LogP contribution in [0, 0.1) is 5.92 Å². The highest BCUT2D eigenvalue weighted by molar-refractivity contribution is 5.38. The highest BCUT2D eigenvalue weighted by atomic mass is 19.4. The summed E-state index contributed by atoms with van der Waals surface area (Å²) in [6.45, 7) is 3.34. The molecule has 0 saturated heterocycles. The lowest BCUT2D eigenvalue weighted by atomic mass is 9.97. The summed E-state index contributed by atoms with van der Waals surface area (Å²) >= 11 is 0. The second-order valence-electron chi connectivity index (χ2n) is 3.04. The molecular weight excluding hydrogens is 177 g/mol. The number of hydrogen-bond donors (Lipinski definition) is 0. The van der Waals surface area contributed by atoms with Crippen molar-refractivity contribution in [3.05, 3.63) is 41.3 Å². The number of alkyl halides is 3. The zero-order valence-corrected chi connectivity index (χ0v) is 7.44. The van der Waals surface area contributed by atoms with Crippen LogP contribution in [-0.2, 0) is 6.18 Å². The average molecular weight is 187 g/mol. The Kier molecular flexibility index (Phi) is 2.64. The Labute approximate surface area is 75.4 Å². The van der Waals surface area contributed by atoms with E-state index in [9.17, 15) is 13.2 Å². The molecule has 0 unspecified atom stereocenters. The molecule has 0 aromatic heterocycles. The molecule has 0 saturated carbocycles. The Hall–Kier alpha value is -0.990. The van der Waals surface area contributed by atoms with Crippen LogP contribution in [0.25, 0.3) is 0 Å². The summed E-state index contributed by atoms with van der Waals surface area (Å²) in [5, 5.41) is 0. The first-order valence-corrected chi connectivity index (χ1v) is 3.89. The summed E-state index contributed by atoms with van der Waals surface area (Å²) in [5.41, 5.74) is -0.287. The number of halogens is 3. The Morgan fingerprint density at radius 2 is 1.62 bits per heavy atom. The van der Waals surface area contributed by atoms with E-state index in [0.717, 1.165) is 6.07 Å². The fourth-order valence-corrected chi connectivity index (χ4v) is 1.17. The maximum absolute atomic E-state index is 12.4. The molecule has 1 aromatic carbocycles. The molecule has 1 aromatic rings. The molecule has 0 amide bonds. The average Bonchev–Trinajstić information content (AvgIpc) is 2.03. The van der Waals surface area contributed by atoms with Crippen molar-refractivity contribution in [3.8, 4) is 0 Å². The fourth-order valence-electron chi connectivity index (χ4n) is 1.17. The SMILES string of the molecule is C[C](C)c1ccccc1C(F)(F)F. The molecule has 0 bridgehead atoms. The van der Waals surface area contributed by atoms with Gasteiger partial charge in [-0.2, -0.15) is 13.2 Å². The number of hydrogen-bond acceptors (Lipinski definition) is 0. The van der Waals surface area contributed by atoms with Crippen LogP contribution in [-0.4, -0.2) is 0 Å². The second kappa shape index (κ2) is 3.40. The van der Waals surface area contributed by atoms with Gasteiger partial charge in [0.1, 0.15) is 0 Å². The zero-order valence-electron chi connectivity index (χ0n) is 7.44. The summed E-state index contributed by atoms with van der Waals surface area (Å²) in [6.07, 6.45) is -4.26. The van der Waals surface area contributed by atoms with Crippen LogP contribution in [0.4, 0.5) is 13.2 Å². The Morgan fingerprint density at radius 3 is 2.00 bits per heavy atom. The molecule has 0 aliphatic heterocycles. The van der Waals surface area contributed by atoms with Gasteiger partial charge in [0.2, 0.25) is 0 Å². The normalized spacial score (nSPS) is 12.2. The molecule has 0 heterocycles. The van der Waals surface area contributed by atoms with E-state index in [1.807, 2.05) is 0 Å². The van der Waals surface area contributed by atoms with Crippen LogP contribution < -0.4 is 0 Å².